The van der Waals surface area contributed by atoms with Crippen molar-refractivity contribution >= 4 is 38.5 Å². The third-order valence-electron chi connectivity index (χ3n) is 3.37. The number of hydrogen-bond acceptors (Lipinski definition) is 4. The molecular formula is C13H12IN3O3S. The Morgan fingerprint density at radius 2 is 2.00 bits per heavy atom. The van der Waals surface area contributed by atoms with Crippen molar-refractivity contribution in [1.82, 2.24) is 14.1 Å². The summed E-state index contributed by atoms with van der Waals surface area (Å²) in [5, 5.41) is 4.17. The Morgan fingerprint density at radius 1 is 1.29 bits per heavy atom. The maximum Gasteiger partial charge on any atom is 0.269 e. The molecule has 0 radical (unpaired) electrons. The van der Waals surface area contributed by atoms with Gasteiger partial charge in [-0.15, -0.1) is 0 Å². The second-order valence-corrected chi connectivity index (χ2v) is 7.93. The average molecular weight is 417 g/mol. The number of aryl methyl sites for hydroxylation is 2. The van der Waals surface area contributed by atoms with Gasteiger partial charge >= 0.3 is 0 Å². The molecule has 0 N–H and O–H groups in total. The quantitative estimate of drug-likeness (QED) is 0.698. The number of sulfonamides is 1. The van der Waals surface area contributed by atoms with E-state index in [9.17, 15) is 13.2 Å². The first-order valence-corrected chi connectivity index (χ1v) is 8.69. The molecule has 0 saturated heterocycles. The van der Waals surface area contributed by atoms with Gasteiger partial charge in [0.2, 0.25) is 0 Å². The summed E-state index contributed by atoms with van der Waals surface area (Å²) in [5.74, 6) is -0.486. The van der Waals surface area contributed by atoms with E-state index < -0.39 is 15.9 Å². The molecule has 0 aliphatic carbocycles. The second kappa shape index (κ2) is 4.80. The van der Waals surface area contributed by atoms with Crippen LogP contribution in [0.4, 0.5) is 0 Å². The summed E-state index contributed by atoms with van der Waals surface area (Å²) in [6.45, 7) is 1.81. The zero-order valence-electron chi connectivity index (χ0n) is 11.4. The van der Waals surface area contributed by atoms with Crippen LogP contribution in [0.5, 0.6) is 0 Å². The van der Waals surface area contributed by atoms with E-state index in [-0.39, 0.29) is 17.0 Å². The molecule has 0 atom stereocenters. The molecule has 0 bridgehead atoms. The summed E-state index contributed by atoms with van der Waals surface area (Å²) in [7, 11) is -2.06. The third kappa shape index (κ3) is 2.26. The summed E-state index contributed by atoms with van der Waals surface area (Å²) in [6.07, 6.45) is 0. The normalized spacial score (nSPS) is 16.3. The van der Waals surface area contributed by atoms with Gasteiger partial charge < -0.3 is 0 Å². The molecule has 8 heteroatoms. The van der Waals surface area contributed by atoms with E-state index in [0.717, 1.165) is 13.6 Å². The fraction of sp³-hybridized carbons (Fsp3) is 0.231. The van der Waals surface area contributed by atoms with Crippen LogP contribution in [-0.4, -0.2) is 28.4 Å². The van der Waals surface area contributed by atoms with E-state index in [0.29, 0.717) is 5.69 Å². The van der Waals surface area contributed by atoms with Gasteiger partial charge in [-0.3, -0.25) is 9.48 Å². The van der Waals surface area contributed by atoms with E-state index >= 15 is 0 Å². The average Bonchev–Trinajstić information content (AvgIpc) is 2.80. The highest BCUT2D eigenvalue weighted by molar-refractivity contribution is 14.1. The lowest BCUT2D eigenvalue weighted by Crippen LogP contribution is -2.30. The van der Waals surface area contributed by atoms with Gasteiger partial charge in [0.1, 0.15) is 4.90 Å². The molecule has 2 aromatic rings. The highest BCUT2D eigenvalue weighted by atomic mass is 127. The monoisotopic (exact) mass is 417 g/mol. The number of carbonyl (C=O) groups excluding carboxylic acids is 1. The largest absolute Gasteiger partial charge is 0.271 e. The van der Waals surface area contributed by atoms with Crippen molar-refractivity contribution in [3.63, 3.8) is 0 Å². The first kappa shape index (κ1) is 14.5. The molecule has 0 fully saturated rings. The van der Waals surface area contributed by atoms with E-state index in [4.69, 9.17) is 0 Å². The highest BCUT2D eigenvalue weighted by Gasteiger charge is 2.41. The molecule has 0 spiro atoms. The van der Waals surface area contributed by atoms with Crippen molar-refractivity contribution in [3.05, 3.63) is 44.8 Å². The number of fused-ring (bicyclic) bond motifs is 1. The van der Waals surface area contributed by atoms with Gasteiger partial charge in [0.25, 0.3) is 15.9 Å². The maximum absolute atomic E-state index is 12.5. The Balaban J connectivity index is 2.06. The topological polar surface area (TPSA) is 72.3 Å². The number of rotatable bonds is 2. The number of aromatic nitrogens is 2. The number of halogens is 1. The van der Waals surface area contributed by atoms with Crippen molar-refractivity contribution < 1.29 is 13.2 Å². The molecule has 110 valence electrons. The number of amides is 1. The van der Waals surface area contributed by atoms with Crippen LogP contribution in [0.3, 0.4) is 0 Å². The Labute approximate surface area is 135 Å². The molecule has 1 aliphatic heterocycles. The standard InChI is InChI=1S/C13H12IN3O3S/c1-8-5-10(16(2)15-8)7-17-13(18)11-4-3-9(14)6-12(11)21(17,19)20/h3-6H,7H2,1-2H3. The molecule has 1 aromatic heterocycles. The molecule has 0 saturated carbocycles. The summed E-state index contributed by atoms with van der Waals surface area (Å²) in [6, 6.07) is 6.59. The van der Waals surface area contributed by atoms with Crippen molar-refractivity contribution in [1.29, 1.82) is 0 Å². The molecule has 6 nitrogen and oxygen atoms in total. The minimum absolute atomic E-state index is 0.0102. The van der Waals surface area contributed by atoms with Crippen LogP contribution in [0.15, 0.2) is 29.2 Å². The van der Waals surface area contributed by atoms with Crippen molar-refractivity contribution in [2.24, 2.45) is 7.05 Å². The first-order chi connectivity index (χ1) is 9.80. The minimum Gasteiger partial charge on any atom is -0.271 e. The number of carbonyl (C=O) groups is 1. The summed E-state index contributed by atoms with van der Waals surface area (Å²) < 4.78 is 28.4. The Hall–Kier alpha value is -1.42. The molecule has 1 amide bonds. The van der Waals surface area contributed by atoms with Crippen molar-refractivity contribution in [3.8, 4) is 0 Å². The zero-order chi connectivity index (χ0) is 15.4. The number of hydrogen-bond donors (Lipinski definition) is 0. The van der Waals surface area contributed by atoms with Gasteiger partial charge in [-0.05, 0) is 53.8 Å². The summed E-state index contributed by atoms with van der Waals surface area (Å²) >= 11 is 2.03. The van der Waals surface area contributed by atoms with E-state index in [2.05, 4.69) is 5.10 Å². The summed E-state index contributed by atoms with van der Waals surface area (Å²) in [5.41, 5.74) is 1.69. The van der Waals surface area contributed by atoms with Crippen LogP contribution < -0.4 is 0 Å². The number of benzene rings is 1. The SMILES string of the molecule is Cc1cc(CN2C(=O)c3ccc(I)cc3S2(=O)=O)n(C)n1. The van der Waals surface area contributed by atoms with Gasteiger partial charge in [0.05, 0.1) is 23.5 Å². The Bertz CT molecular complexity index is 858. The highest BCUT2D eigenvalue weighted by Crippen LogP contribution is 2.32. The molecule has 0 unspecified atom stereocenters. The zero-order valence-corrected chi connectivity index (χ0v) is 14.3. The first-order valence-electron chi connectivity index (χ1n) is 6.17. The number of nitrogens with zero attached hydrogens (tertiary/aromatic N) is 3. The predicted octanol–water partition coefficient (Wildman–Crippen LogP) is 1.68. The molecule has 3 rings (SSSR count). The van der Waals surface area contributed by atoms with Gasteiger partial charge in [0, 0.05) is 10.6 Å². The minimum atomic E-state index is -3.79. The lowest BCUT2D eigenvalue weighted by atomic mass is 10.2. The van der Waals surface area contributed by atoms with Crippen LogP contribution in [0.25, 0.3) is 0 Å². The predicted molar refractivity (Wildman–Crippen MR) is 84.2 cm³/mol. The van der Waals surface area contributed by atoms with E-state index in [1.807, 2.05) is 29.5 Å². The lowest BCUT2D eigenvalue weighted by molar-refractivity contribution is 0.0863. The van der Waals surface area contributed by atoms with Crippen LogP contribution in [-0.2, 0) is 23.6 Å². The van der Waals surface area contributed by atoms with Gasteiger partial charge in [-0.2, -0.15) is 5.10 Å². The maximum atomic E-state index is 12.5. The fourth-order valence-corrected chi connectivity index (χ4v) is 4.63. The molecule has 1 aromatic carbocycles. The second-order valence-electron chi connectivity index (χ2n) is 4.86. The smallest absolute Gasteiger partial charge is 0.269 e. The van der Waals surface area contributed by atoms with Crippen molar-refractivity contribution in [2.75, 3.05) is 0 Å². The Morgan fingerprint density at radius 3 is 2.62 bits per heavy atom. The Kier molecular flexibility index (Phi) is 3.32. The fourth-order valence-electron chi connectivity index (χ4n) is 2.36. The lowest BCUT2D eigenvalue weighted by Gasteiger charge is -2.14. The molecule has 21 heavy (non-hydrogen) atoms. The van der Waals surface area contributed by atoms with Crippen LogP contribution in [0.2, 0.25) is 0 Å². The molecule has 2 heterocycles. The molecule has 1 aliphatic rings. The van der Waals surface area contributed by atoms with Crippen LogP contribution in [0, 0.1) is 10.5 Å². The van der Waals surface area contributed by atoms with Crippen LogP contribution >= 0.6 is 22.6 Å². The van der Waals surface area contributed by atoms with Gasteiger partial charge in [0.15, 0.2) is 0 Å². The van der Waals surface area contributed by atoms with E-state index in [1.165, 1.54) is 6.07 Å². The summed E-state index contributed by atoms with van der Waals surface area (Å²) in [4.78, 5) is 12.4. The molecular weight excluding hydrogens is 405 g/mol. The van der Waals surface area contributed by atoms with Crippen LogP contribution in [0.1, 0.15) is 21.7 Å². The van der Waals surface area contributed by atoms with E-state index in [1.54, 1.807) is 29.9 Å². The van der Waals surface area contributed by atoms with Gasteiger partial charge in [-0.1, -0.05) is 0 Å². The van der Waals surface area contributed by atoms with Crippen molar-refractivity contribution in [2.45, 2.75) is 18.4 Å². The van der Waals surface area contributed by atoms with Gasteiger partial charge in [-0.25, -0.2) is 12.7 Å². The third-order valence-corrected chi connectivity index (χ3v) is 5.81.